The monoisotopic (exact) mass is 433 g/mol. The van der Waals surface area contributed by atoms with Crippen LogP contribution >= 0.6 is 11.8 Å². The highest BCUT2D eigenvalue weighted by Gasteiger charge is 2.26. The summed E-state index contributed by atoms with van der Waals surface area (Å²) >= 11 is 1.76. The molecule has 1 aliphatic heterocycles. The summed E-state index contributed by atoms with van der Waals surface area (Å²) in [5, 5.41) is 5.54. The van der Waals surface area contributed by atoms with E-state index in [0.29, 0.717) is 5.69 Å². The first-order valence-corrected chi connectivity index (χ1v) is 11.5. The predicted molar refractivity (Wildman–Crippen MR) is 113 cm³/mol. The number of anilines is 1. The van der Waals surface area contributed by atoms with E-state index in [1.807, 2.05) is 24.3 Å². The fourth-order valence-electron chi connectivity index (χ4n) is 3.11. The van der Waals surface area contributed by atoms with Gasteiger partial charge in [-0.1, -0.05) is 18.2 Å². The number of hydrogen-bond donors (Lipinski definition) is 2. The molecule has 0 unspecified atom stereocenters. The topological polar surface area (TPSA) is 95.6 Å². The summed E-state index contributed by atoms with van der Waals surface area (Å²) in [5.41, 5.74) is 1.57. The van der Waals surface area contributed by atoms with Gasteiger partial charge in [0.1, 0.15) is 0 Å². The highest BCUT2D eigenvalue weighted by Crippen LogP contribution is 2.35. The van der Waals surface area contributed by atoms with Crippen molar-refractivity contribution in [1.82, 2.24) is 9.62 Å². The summed E-state index contributed by atoms with van der Waals surface area (Å²) in [7, 11) is -2.45. The van der Waals surface area contributed by atoms with Gasteiger partial charge in [0.05, 0.1) is 17.5 Å². The molecule has 0 bridgehead atoms. The summed E-state index contributed by atoms with van der Waals surface area (Å²) in [5.74, 6) is 0.311. The number of amides is 2. The molecule has 2 aromatic carbocycles. The van der Waals surface area contributed by atoms with Crippen molar-refractivity contribution in [2.24, 2.45) is 0 Å². The molecular weight excluding hydrogens is 410 g/mol. The second kappa shape index (κ2) is 8.98. The number of thioether (sulfide) groups is 1. The molecule has 1 heterocycles. The molecule has 0 saturated carbocycles. The largest absolute Gasteiger partial charge is 0.348 e. The van der Waals surface area contributed by atoms with Crippen molar-refractivity contribution in [1.29, 1.82) is 0 Å². The number of carbonyl (C=O) groups is 2. The highest BCUT2D eigenvalue weighted by molar-refractivity contribution is 7.99. The summed E-state index contributed by atoms with van der Waals surface area (Å²) in [6.07, 6.45) is 0.800. The zero-order valence-corrected chi connectivity index (χ0v) is 17.8. The van der Waals surface area contributed by atoms with E-state index in [0.717, 1.165) is 26.9 Å². The van der Waals surface area contributed by atoms with Crippen molar-refractivity contribution in [2.45, 2.75) is 29.2 Å². The fraction of sp³-hybridized carbons (Fsp3) is 0.300. The Balaban J connectivity index is 1.65. The molecule has 2 amide bonds. The molecule has 9 heteroatoms. The number of hydrogen-bond acceptors (Lipinski definition) is 5. The van der Waals surface area contributed by atoms with Gasteiger partial charge in [0.2, 0.25) is 21.8 Å². The van der Waals surface area contributed by atoms with Crippen LogP contribution in [0.1, 0.15) is 24.9 Å². The van der Waals surface area contributed by atoms with Crippen LogP contribution in [-0.4, -0.2) is 43.9 Å². The van der Waals surface area contributed by atoms with Crippen molar-refractivity contribution >= 4 is 39.3 Å². The van der Waals surface area contributed by atoms with Gasteiger partial charge in [-0.3, -0.25) is 9.59 Å². The summed E-state index contributed by atoms with van der Waals surface area (Å²) in [4.78, 5) is 24.8. The number of rotatable bonds is 6. The Hall–Kier alpha value is -2.36. The van der Waals surface area contributed by atoms with Crippen molar-refractivity contribution in [3.63, 3.8) is 0 Å². The van der Waals surface area contributed by atoms with Gasteiger partial charge in [0, 0.05) is 30.3 Å². The van der Waals surface area contributed by atoms with Gasteiger partial charge in [0.25, 0.3) is 0 Å². The zero-order chi connectivity index (χ0) is 21.0. The van der Waals surface area contributed by atoms with E-state index in [4.69, 9.17) is 0 Å². The number of fused-ring (bicyclic) bond motifs is 1. The van der Waals surface area contributed by atoms with Crippen LogP contribution in [0, 0.1) is 0 Å². The third kappa shape index (κ3) is 5.17. The number of nitrogens with zero attached hydrogens (tertiary/aromatic N) is 1. The Morgan fingerprint density at radius 3 is 2.52 bits per heavy atom. The molecule has 0 fully saturated rings. The average Bonchev–Trinajstić information content (AvgIpc) is 2.68. The minimum Gasteiger partial charge on any atom is -0.348 e. The van der Waals surface area contributed by atoms with Gasteiger partial charge in [-0.15, -0.1) is 11.8 Å². The molecule has 1 aliphatic rings. The number of nitrogens with one attached hydrogen (secondary N) is 2. The lowest BCUT2D eigenvalue weighted by Crippen LogP contribution is -2.40. The van der Waals surface area contributed by atoms with Gasteiger partial charge in [-0.2, -0.15) is 4.31 Å². The molecule has 1 atom stereocenters. The van der Waals surface area contributed by atoms with E-state index in [9.17, 15) is 18.0 Å². The maximum absolute atomic E-state index is 12.7. The molecular formula is C20H23N3O4S2. The van der Waals surface area contributed by atoms with E-state index in [1.165, 1.54) is 38.2 Å². The third-order valence-electron chi connectivity index (χ3n) is 4.54. The Morgan fingerprint density at radius 1 is 1.14 bits per heavy atom. The predicted octanol–water partition coefficient (Wildman–Crippen LogP) is 2.62. The van der Waals surface area contributed by atoms with E-state index in [-0.39, 0.29) is 29.3 Å². The highest BCUT2D eigenvalue weighted by atomic mass is 32.2. The lowest BCUT2D eigenvalue weighted by atomic mass is 10.0. The molecule has 2 N–H and O–H groups in total. The third-order valence-corrected chi connectivity index (χ3v) is 7.48. The van der Waals surface area contributed by atoms with Gasteiger partial charge in [0.15, 0.2) is 0 Å². The van der Waals surface area contributed by atoms with E-state index >= 15 is 0 Å². The summed E-state index contributed by atoms with van der Waals surface area (Å²) in [6, 6.07) is 13.6. The number of likely N-dealkylation sites (N-methyl/N-ethyl adjacent to an activating group) is 1. The van der Waals surface area contributed by atoms with Crippen molar-refractivity contribution in [2.75, 3.05) is 24.7 Å². The molecule has 0 aromatic heterocycles. The SMILES string of the molecule is CC(=O)Nc1ccc(S(=O)(=O)N(C)CC(=O)N[C@H]2CCSc3ccccc32)cc1. The average molecular weight is 434 g/mol. The van der Waals surface area contributed by atoms with Crippen LogP contribution in [-0.2, 0) is 19.6 Å². The Kier molecular flexibility index (Phi) is 6.61. The second-order valence-corrected chi connectivity index (χ2v) is 9.94. The van der Waals surface area contributed by atoms with E-state index in [2.05, 4.69) is 10.6 Å². The first-order chi connectivity index (χ1) is 13.8. The Morgan fingerprint density at radius 2 is 1.83 bits per heavy atom. The lowest BCUT2D eigenvalue weighted by molar-refractivity contribution is -0.122. The number of carbonyl (C=O) groups excluding carboxylic acids is 2. The van der Waals surface area contributed by atoms with Gasteiger partial charge in [-0.05, 0) is 42.3 Å². The fourth-order valence-corrected chi connectivity index (χ4v) is 5.36. The van der Waals surface area contributed by atoms with E-state index < -0.39 is 10.0 Å². The maximum atomic E-state index is 12.7. The molecule has 29 heavy (non-hydrogen) atoms. The molecule has 154 valence electrons. The first-order valence-electron chi connectivity index (χ1n) is 9.12. The Labute approximate surface area is 174 Å². The molecule has 0 aliphatic carbocycles. The van der Waals surface area contributed by atoms with Crippen LogP contribution in [0.25, 0.3) is 0 Å². The minimum atomic E-state index is -3.82. The normalized spacial score (nSPS) is 16.2. The van der Waals surface area contributed by atoms with Crippen LogP contribution in [0.4, 0.5) is 5.69 Å². The van der Waals surface area contributed by atoms with Crippen LogP contribution in [0.2, 0.25) is 0 Å². The molecule has 0 saturated heterocycles. The van der Waals surface area contributed by atoms with Crippen LogP contribution in [0.5, 0.6) is 0 Å². The second-order valence-electron chi connectivity index (χ2n) is 6.76. The molecule has 0 radical (unpaired) electrons. The van der Waals surface area contributed by atoms with Gasteiger partial charge < -0.3 is 10.6 Å². The molecule has 0 spiro atoms. The number of benzene rings is 2. The van der Waals surface area contributed by atoms with Gasteiger partial charge in [-0.25, -0.2) is 8.42 Å². The summed E-state index contributed by atoms with van der Waals surface area (Å²) in [6.45, 7) is 1.10. The van der Waals surface area contributed by atoms with Crippen molar-refractivity contribution in [3.8, 4) is 0 Å². The van der Waals surface area contributed by atoms with Crippen LogP contribution in [0.3, 0.4) is 0 Å². The minimum absolute atomic E-state index is 0.0568. The van der Waals surface area contributed by atoms with Crippen molar-refractivity contribution < 1.29 is 18.0 Å². The summed E-state index contributed by atoms with van der Waals surface area (Å²) < 4.78 is 26.5. The van der Waals surface area contributed by atoms with Gasteiger partial charge >= 0.3 is 0 Å². The van der Waals surface area contributed by atoms with E-state index in [1.54, 1.807) is 11.8 Å². The Bertz CT molecular complexity index is 1010. The van der Waals surface area contributed by atoms with Crippen LogP contribution in [0.15, 0.2) is 58.3 Å². The zero-order valence-electron chi connectivity index (χ0n) is 16.2. The quantitative estimate of drug-likeness (QED) is 0.730. The smallest absolute Gasteiger partial charge is 0.243 e. The first kappa shape index (κ1) is 21.4. The maximum Gasteiger partial charge on any atom is 0.243 e. The standard InChI is InChI=1S/C20H23N3O4S2/c1-14(24)21-15-7-9-16(10-8-15)29(26,27)23(2)13-20(25)22-18-11-12-28-19-6-4-3-5-17(18)19/h3-10,18H,11-13H2,1-2H3,(H,21,24)(H,22,25)/t18-/m0/s1. The number of sulfonamides is 1. The molecule has 2 aromatic rings. The molecule has 3 rings (SSSR count). The lowest BCUT2D eigenvalue weighted by Gasteiger charge is -2.26. The van der Waals surface area contributed by atoms with Crippen molar-refractivity contribution in [3.05, 3.63) is 54.1 Å². The molecule has 7 nitrogen and oxygen atoms in total. The van der Waals surface area contributed by atoms with Crippen LogP contribution < -0.4 is 10.6 Å².